The Morgan fingerprint density at radius 3 is 1.84 bits per heavy atom. The summed E-state index contributed by atoms with van der Waals surface area (Å²) in [4.78, 5) is 0. The molecule has 19 heavy (non-hydrogen) atoms. The topological polar surface area (TPSA) is 0 Å². The van der Waals surface area contributed by atoms with E-state index in [2.05, 4.69) is 61.5 Å². The molecule has 0 saturated carbocycles. The Kier molecular flexibility index (Phi) is 3.47. The molecule has 0 heterocycles. The fraction of sp³-hybridized carbons (Fsp3) is 0.474. The highest BCUT2D eigenvalue weighted by Gasteiger charge is 2.28. The number of fused-ring (bicyclic) bond motifs is 1. The Bertz CT molecular complexity index is 598. The van der Waals surface area contributed by atoms with E-state index < -0.39 is 0 Å². The molecular weight excluding hydrogens is 228 g/mol. The van der Waals surface area contributed by atoms with Gasteiger partial charge in [-0.15, -0.1) is 0 Å². The van der Waals surface area contributed by atoms with Crippen LogP contribution in [0.1, 0.15) is 55.4 Å². The van der Waals surface area contributed by atoms with Crippen molar-refractivity contribution in [3.63, 3.8) is 0 Å². The average Bonchev–Trinajstić information content (AvgIpc) is 2.45. The first-order valence-electron chi connectivity index (χ1n) is 7.23. The lowest BCUT2D eigenvalue weighted by Crippen LogP contribution is -2.14. The van der Waals surface area contributed by atoms with Crippen LogP contribution in [0.15, 0.2) is 56.2 Å². The van der Waals surface area contributed by atoms with Crippen molar-refractivity contribution in [3.05, 3.63) is 56.2 Å². The van der Waals surface area contributed by atoms with E-state index in [1.165, 1.54) is 50.2 Å². The van der Waals surface area contributed by atoms with Crippen molar-refractivity contribution in [2.24, 2.45) is 5.92 Å². The van der Waals surface area contributed by atoms with Gasteiger partial charge >= 0.3 is 0 Å². The first-order valence-corrected chi connectivity index (χ1v) is 7.23. The van der Waals surface area contributed by atoms with Gasteiger partial charge in [0.1, 0.15) is 0 Å². The Hall–Kier alpha value is -1.30. The summed E-state index contributed by atoms with van der Waals surface area (Å²) in [7, 11) is 0. The fourth-order valence-corrected chi connectivity index (χ4v) is 3.34. The standard InChI is InChI=1S/C19H26/c1-10-9-11(2)13(4)19-17(8)15(6)14(5)16(7)18(19)12(10)3/h9,14H,1-8H3. The van der Waals surface area contributed by atoms with Crippen LogP contribution in [0.5, 0.6) is 0 Å². The summed E-state index contributed by atoms with van der Waals surface area (Å²) in [5, 5.41) is 0. The van der Waals surface area contributed by atoms with E-state index in [9.17, 15) is 0 Å². The zero-order valence-electron chi connectivity index (χ0n) is 13.7. The van der Waals surface area contributed by atoms with Crippen LogP contribution in [0.2, 0.25) is 0 Å². The Labute approximate surface area is 118 Å². The van der Waals surface area contributed by atoms with E-state index in [1.807, 2.05) is 0 Å². The van der Waals surface area contributed by atoms with Crippen LogP contribution in [-0.4, -0.2) is 0 Å². The summed E-state index contributed by atoms with van der Waals surface area (Å²) in [5.41, 5.74) is 13.2. The minimum absolute atomic E-state index is 0.563. The third-order valence-corrected chi connectivity index (χ3v) is 5.28. The van der Waals surface area contributed by atoms with Gasteiger partial charge in [-0.05, 0) is 93.4 Å². The third kappa shape index (κ3) is 1.98. The Balaban J connectivity index is 2.89. The highest BCUT2D eigenvalue weighted by Crippen LogP contribution is 2.45. The second-order valence-corrected chi connectivity index (χ2v) is 6.22. The van der Waals surface area contributed by atoms with Crippen LogP contribution in [-0.2, 0) is 0 Å². The molecule has 0 bridgehead atoms. The van der Waals surface area contributed by atoms with Crippen LogP contribution in [0.25, 0.3) is 0 Å². The first-order chi connectivity index (χ1) is 8.77. The maximum absolute atomic E-state index is 2.34. The summed E-state index contributed by atoms with van der Waals surface area (Å²) in [5.74, 6) is 0.563. The summed E-state index contributed by atoms with van der Waals surface area (Å²) in [6, 6.07) is 0. The molecule has 0 fully saturated rings. The van der Waals surface area contributed by atoms with Gasteiger partial charge in [0.05, 0.1) is 0 Å². The number of hydrogen-bond donors (Lipinski definition) is 0. The van der Waals surface area contributed by atoms with Gasteiger partial charge in [-0.25, -0.2) is 0 Å². The zero-order valence-corrected chi connectivity index (χ0v) is 13.7. The lowest BCUT2D eigenvalue weighted by molar-refractivity contribution is 0.762. The maximum atomic E-state index is 2.34. The van der Waals surface area contributed by atoms with Gasteiger partial charge in [-0.1, -0.05) is 24.1 Å². The molecule has 1 unspecified atom stereocenters. The van der Waals surface area contributed by atoms with Crippen LogP contribution in [0.3, 0.4) is 0 Å². The fourth-order valence-electron chi connectivity index (χ4n) is 3.34. The normalized spacial score (nSPS) is 24.8. The molecule has 0 heteroatoms. The molecule has 0 aromatic carbocycles. The monoisotopic (exact) mass is 254 g/mol. The summed E-state index contributed by atoms with van der Waals surface area (Å²) in [6.07, 6.45) is 2.34. The molecule has 0 amide bonds. The van der Waals surface area contributed by atoms with E-state index in [-0.39, 0.29) is 0 Å². The first kappa shape index (κ1) is 14.1. The quantitative estimate of drug-likeness (QED) is 0.504. The molecule has 0 nitrogen and oxygen atoms in total. The summed E-state index contributed by atoms with van der Waals surface area (Å²) < 4.78 is 0. The van der Waals surface area contributed by atoms with Crippen molar-refractivity contribution in [3.8, 4) is 0 Å². The van der Waals surface area contributed by atoms with Crippen molar-refractivity contribution in [1.82, 2.24) is 0 Å². The highest BCUT2D eigenvalue weighted by atomic mass is 14.3. The van der Waals surface area contributed by atoms with Crippen molar-refractivity contribution in [2.75, 3.05) is 0 Å². The number of allylic oxidation sites excluding steroid dienone is 10. The molecular formula is C19H26. The predicted octanol–water partition coefficient (Wildman–Crippen LogP) is 5.90. The van der Waals surface area contributed by atoms with Crippen LogP contribution < -0.4 is 0 Å². The van der Waals surface area contributed by atoms with E-state index in [1.54, 1.807) is 0 Å². The smallest absolute Gasteiger partial charge is 0.00117 e. The van der Waals surface area contributed by atoms with Crippen molar-refractivity contribution >= 4 is 0 Å². The van der Waals surface area contributed by atoms with Crippen LogP contribution >= 0.6 is 0 Å². The zero-order chi connectivity index (χ0) is 14.5. The van der Waals surface area contributed by atoms with Gasteiger partial charge in [0.15, 0.2) is 0 Å². The molecule has 2 rings (SSSR count). The third-order valence-electron chi connectivity index (χ3n) is 5.28. The molecule has 0 N–H and O–H groups in total. The van der Waals surface area contributed by atoms with E-state index in [0.29, 0.717) is 5.92 Å². The molecule has 102 valence electrons. The Morgan fingerprint density at radius 2 is 1.26 bits per heavy atom. The molecule has 0 radical (unpaired) electrons. The number of rotatable bonds is 0. The molecule has 1 atom stereocenters. The van der Waals surface area contributed by atoms with E-state index >= 15 is 0 Å². The lowest BCUT2D eigenvalue weighted by Gasteiger charge is -2.31. The Morgan fingerprint density at radius 1 is 0.684 bits per heavy atom. The van der Waals surface area contributed by atoms with Gasteiger partial charge in [-0.3, -0.25) is 0 Å². The van der Waals surface area contributed by atoms with Crippen molar-refractivity contribution in [2.45, 2.75) is 55.4 Å². The highest BCUT2D eigenvalue weighted by molar-refractivity contribution is 5.69. The van der Waals surface area contributed by atoms with Gasteiger partial charge < -0.3 is 0 Å². The number of hydrogen-bond acceptors (Lipinski definition) is 0. The van der Waals surface area contributed by atoms with E-state index in [4.69, 9.17) is 0 Å². The predicted molar refractivity (Wildman–Crippen MR) is 85.1 cm³/mol. The largest absolute Gasteiger partial charge is 0.0629 e. The van der Waals surface area contributed by atoms with Crippen molar-refractivity contribution < 1.29 is 0 Å². The minimum Gasteiger partial charge on any atom is -0.0629 e. The molecule has 0 aromatic heterocycles. The molecule has 0 saturated heterocycles. The SMILES string of the molecule is CC1=CC(C)=C(C)C2=C(C)C(C)C(C)=C(C)C2=C1C. The average molecular weight is 254 g/mol. The molecule has 0 aromatic rings. The molecule has 2 aliphatic carbocycles. The molecule has 0 spiro atoms. The summed E-state index contributed by atoms with van der Waals surface area (Å²) >= 11 is 0. The maximum Gasteiger partial charge on any atom is -0.00117 e. The van der Waals surface area contributed by atoms with Gasteiger partial charge in [0, 0.05) is 0 Å². The minimum atomic E-state index is 0.563. The lowest BCUT2D eigenvalue weighted by atomic mass is 9.74. The van der Waals surface area contributed by atoms with Gasteiger partial charge in [0.2, 0.25) is 0 Å². The van der Waals surface area contributed by atoms with Gasteiger partial charge in [0.25, 0.3) is 0 Å². The van der Waals surface area contributed by atoms with Crippen molar-refractivity contribution in [1.29, 1.82) is 0 Å². The van der Waals surface area contributed by atoms with E-state index in [0.717, 1.165) is 0 Å². The van der Waals surface area contributed by atoms with Gasteiger partial charge in [-0.2, -0.15) is 0 Å². The summed E-state index contributed by atoms with van der Waals surface area (Å²) in [6.45, 7) is 18.2. The molecule has 2 aliphatic rings. The molecule has 0 aliphatic heterocycles. The second-order valence-electron chi connectivity index (χ2n) is 6.22. The second kappa shape index (κ2) is 4.67. The van der Waals surface area contributed by atoms with Crippen LogP contribution in [0.4, 0.5) is 0 Å². The van der Waals surface area contributed by atoms with Crippen LogP contribution in [0, 0.1) is 5.92 Å².